The Hall–Kier alpha value is -4.13. The Morgan fingerprint density at radius 1 is 0.833 bits per heavy atom. The van der Waals surface area contributed by atoms with Crippen LogP contribution in [0.2, 0.25) is 0 Å². The lowest BCUT2D eigenvalue weighted by Gasteiger charge is -2.27. The number of nitro benzene ring substituents is 1. The fourth-order valence-electron chi connectivity index (χ4n) is 3.72. The second kappa shape index (κ2) is 7.71. The van der Waals surface area contributed by atoms with E-state index in [0.29, 0.717) is 16.8 Å². The van der Waals surface area contributed by atoms with Gasteiger partial charge in [-0.05, 0) is 17.7 Å². The summed E-state index contributed by atoms with van der Waals surface area (Å²) in [5.74, 6) is -3.29. The predicted molar refractivity (Wildman–Crippen MR) is 109 cm³/mol. The SMILES string of the molecule is O=C1C(=O)N(c2ccccc2)C(c2ccc([N+](=O)[O-])cc2)C1C(=O)c1ccccc1. The van der Waals surface area contributed by atoms with Gasteiger partial charge in [-0.2, -0.15) is 0 Å². The molecule has 0 spiro atoms. The summed E-state index contributed by atoms with van der Waals surface area (Å²) in [6.45, 7) is 0. The minimum Gasteiger partial charge on any atom is -0.297 e. The number of carbonyl (C=O) groups is 3. The summed E-state index contributed by atoms with van der Waals surface area (Å²) < 4.78 is 0. The minimum atomic E-state index is -1.25. The summed E-state index contributed by atoms with van der Waals surface area (Å²) in [5, 5.41) is 11.0. The molecular weight excluding hydrogens is 384 g/mol. The molecule has 2 atom stereocenters. The molecule has 1 saturated heterocycles. The van der Waals surface area contributed by atoms with Crippen molar-refractivity contribution in [2.45, 2.75) is 6.04 Å². The van der Waals surface area contributed by atoms with Gasteiger partial charge < -0.3 is 0 Å². The van der Waals surface area contributed by atoms with Crippen LogP contribution in [0.15, 0.2) is 84.9 Å². The molecule has 3 aromatic carbocycles. The second-order valence-corrected chi connectivity index (χ2v) is 6.88. The first-order valence-corrected chi connectivity index (χ1v) is 9.25. The summed E-state index contributed by atoms with van der Waals surface area (Å²) in [6.07, 6.45) is 0. The molecule has 0 bridgehead atoms. The lowest BCUT2D eigenvalue weighted by atomic mass is 9.86. The number of para-hydroxylation sites is 1. The Labute approximate surface area is 171 Å². The van der Waals surface area contributed by atoms with Crippen LogP contribution in [0.4, 0.5) is 11.4 Å². The van der Waals surface area contributed by atoms with E-state index in [4.69, 9.17) is 0 Å². The molecule has 0 N–H and O–H groups in total. The van der Waals surface area contributed by atoms with E-state index in [9.17, 15) is 24.5 Å². The molecule has 2 unspecified atom stereocenters. The van der Waals surface area contributed by atoms with Gasteiger partial charge in [-0.1, -0.05) is 60.7 Å². The molecule has 0 saturated carbocycles. The molecule has 1 amide bonds. The smallest absolute Gasteiger partial charge is 0.295 e. The van der Waals surface area contributed by atoms with Gasteiger partial charge in [-0.3, -0.25) is 29.4 Å². The quantitative estimate of drug-likeness (QED) is 0.214. The van der Waals surface area contributed by atoms with Crippen LogP contribution < -0.4 is 4.90 Å². The number of hydrogen-bond donors (Lipinski definition) is 0. The maximum Gasteiger partial charge on any atom is 0.295 e. The van der Waals surface area contributed by atoms with E-state index in [1.807, 2.05) is 0 Å². The van der Waals surface area contributed by atoms with E-state index in [-0.39, 0.29) is 5.69 Å². The molecule has 0 aromatic heterocycles. The molecule has 0 aliphatic carbocycles. The van der Waals surface area contributed by atoms with Crippen molar-refractivity contribution in [1.82, 2.24) is 0 Å². The zero-order chi connectivity index (χ0) is 21.3. The highest BCUT2D eigenvalue weighted by Crippen LogP contribution is 2.41. The number of Topliss-reactive ketones (excluding diaryl/α,β-unsaturated/α-hetero) is 2. The summed E-state index contributed by atoms with van der Waals surface area (Å²) in [5.41, 5.74) is 1.15. The molecule has 0 radical (unpaired) electrons. The highest BCUT2D eigenvalue weighted by molar-refractivity contribution is 6.49. The standard InChI is InChI=1S/C23H16N2O5/c26-21(16-7-3-1-4-8-16)19-20(15-11-13-18(14-12-15)25(29)30)24(23(28)22(19)27)17-9-5-2-6-10-17/h1-14,19-20H. The summed E-state index contributed by atoms with van der Waals surface area (Å²) >= 11 is 0. The monoisotopic (exact) mass is 400 g/mol. The first kappa shape index (κ1) is 19.2. The number of ketones is 2. The van der Waals surface area contributed by atoms with Gasteiger partial charge in [0.2, 0.25) is 5.78 Å². The van der Waals surface area contributed by atoms with Gasteiger partial charge in [0.1, 0.15) is 5.92 Å². The normalized spacial score (nSPS) is 18.5. The number of anilines is 1. The molecule has 1 aliphatic rings. The molecular formula is C23H16N2O5. The lowest BCUT2D eigenvalue weighted by Crippen LogP contribution is -2.30. The molecule has 3 aromatic rings. The first-order valence-electron chi connectivity index (χ1n) is 9.25. The third-order valence-corrected chi connectivity index (χ3v) is 5.13. The average Bonchev–Trinajstić information content (AvgIpc) is 3.05. The fraction of sp³-hybridized carbons (Fsp3) is 0.0870. The van der Waals surface area contributed by atoms with E-state index < -0.39 is 34.4 Å². The number of amides is 1. The Balaban J connectivity index is 1.85. The predicted octanol–water partition coefficient (Wildman–Crippen LogP) is 3.75. The number of benzene rings is 3. The van der Waals surface area contributed by atoms with Crippen molar-refractivity contribution in [2.75, 3.05) is 4.90 Å². The van der Waals surface area contributed by atoms with Crippen molar-refractivity contribution in [2.24, 2.45) is 5.92 Å². The summed E-state index contributed by atoms with van der Waals surface area (Å²) in [4.78, 5) is 50.9. The van der Waals surface area contributed by atoms with Gasteiger partial charge in [0, 0.05) is 23.4 Å². The number of rotatable bonds is 5. The zero-order valence-electron chi connectivity index (χ0n) is 15.7. The molecule has 148 valence electrons. The second-order valence-electron chi connectivity index (χ2n) is 6.88. The highest BCUT2D eigenvalue weighted by atomic mass is 16.6. The Morgan fingerprint density at radius 2 is 1.40 bits per heavy atom. The van der Waals surface area contributed by atoms with Crippen LogP contribution in [0.3, 0.4) is 0 Å². The van der Waals surface area contributed by atoms with Crippen LogP contribution in [-0.4, -0.2) is 22.4 Å². The van der Waals surface area contributed by atoms with Crippen LogP contribution in [0.5, 0.6) is 0 Å². The molecule has 1 fully saturated rings. The van der Waals surface area contributed by atoms with Gasteiger partial charge in [-0.25, -0.2) is 0 Å². The first-order chi connectivity index (χ1) is 14.5. The van der Waals surface area contributed by atoms with E-state index in [1.54, 1.807) is 60.7 Å². The van der Waals surface area contributed by atoms with Crippen LogP contribution in [0.1, 0.15) is 22.0 Å². The van der Waals surface area contributed by atoms with Gasteiger partial charge in [0.25, 0.3) is 11.6 Å². The van der Waals surface area contributed by atoms with Crippen molar-refractivity contribution >= 4 is 28.8 Å². The molecule has 1 heterocycles. The van der Waals surface area contributed by atoms with Crippen molar-refractivity contribution in [3.8, 4) is 0 Å². The van der Waals surface area contributed by atoms with Crippen LogP contribution in [0.25, 0.3) is 0 Å². The van der Waals surface area contributed by atoms with E-state index in [2.05, 4.69) is 0 Å². The minimum absolute atomic E-state index is 0.119. The van der Waals surface area contributed by atoms with Crippen molar-refractivity contribution in [3.05, 3.63) is 106 Å². The third-order valence-electron chi connectivity index (χ3n) is 5.13. The third kappa shape index (κ3) is 3.26. The lowest BCUT2D eigenvalue weighted by molar-refractivity contribution is -0.384. The Kier molecular flexibility index (Phi) is 4.93. The van der Waals surface area contributed by atoms with Crippen LogP contribution in [0, 0.1) is 16.0 Å². The average molecular weight is 400 g/mol. The van der Waals surface area contributed by atoms with Crippen LogP contribution >= 0.6 is 0 Å². The van der Waals surface area contributed by atoms with Crippen molar-refractivity contribution < 1.29 is 19.3 Å². The van der Waals surface area contributed by atoms with E-state index in [0.717, 1.165) is 0 Å². The topological polar surface area (TPSA) is 97.6 Å². The van der Waals surface area contributed by atoms with Crippen LogP contribution in [-0.2, 0) is 9.59 Å². The van der Waals surface area contributed by atoms with E-state index >= 15 is 0 Å². The molecule has 1 aliphatic heterocycles. The number of carbonyl (C=O) groups excluding carboxylic acids is 3. The number of nitrogens with zero attached hydrogens (tertiary/aromatic N) is 2. The zero-order valence-corrected chi connectivity index (χ0v) is 15.7. The van der Waals surface area contributed by atoms with Crippen molar-refractivity contribution in [1.29, 1.82) is 0 Å². The fourth-order valence-corrected chi connectivity index (χ4v) is 3.72. The molecule has 7 nitrogen and oxygen atoms in total. The van der Waals surface area contributed by atoms with Gasteiger partial charge in [0.15, 0.2) is 5.78 Å². The highest BCUT2D eigenvalue weighted by Gasteiger charge is 2.52. The van der Waals surface area contributed by atoms with Gasteiger partial charge >= 0.3 is 0 Å². The maximum absolute atomic E-state index is 13.2. The Bertz CT molecular complexity index is 1130. The summed E-state index contributed by atoms with van der Waals surface area (Å²) in [7, 11) is 0. The molecule has 4 rings (SSSR count). The summed E-state index contributed by atoms with van der Waals surface area (Å²) in [6, 6.07) is 21.6. The Morgan fingerprint density at radius 3 is 1.97 bits per heavy atom. The van der Waals surface area contributed by atoms with Gasteiger partial charge in [-0.15, -0.1) is 0 Å². The number of nitro groups is 1. The number of non-ortho nitro benzene ring substituents is 1. The van der Waals surface area contributed by atoms with Gasteiger partial charge in [0.05, 0.1) is 11.0 Å². The largest absolute Gasteiger partial charge is 0.297 e. The molecule has 7 heteroatoms. The van der Waals surface area contributed by atoms with E-state index in [1.165, 1.54) is 29.2 Å². The molecule has 30 heavy (non-hydrogen) atoms. The van der Waals surface area contributed by atoms with Crippen molar-refractivity contribution in [3.63, 3.8) is 0 Å². The number of hydrogen-bond acceptors (Lipinski definition) is 5. The maximum atomic E-state index is 13.2.